The minimum absolute atomic E-state index is 0.303. The van der Waals surface area contributed by atoms with Crippen molar-refractivity contribution in [3.8, 4) is 0 Å². The maximum Gasteiger partial charge on any atom is 0.338 e. The molecule has 130 valence electrons. The second-order valence-electron chi connectivity index (χ2n) is 5.94. The first kappa shape index (κ1) is 16.7. The first-order valence-corrected chi connectivity index (χ1v) is 9.34. The molecule has 1 heterocycles. The molecule has 1 aliphatic carbocycles. The van der Waals surface area contributed by atoms with Gasteiger partial charge in [-0.25, -0.2) is 4.79 Å². The van der Waals surface area contributed by atoms with Crippen molar-refractivity contribution in [2.45, 2.75) is 18.2 Å². The molecule has 1 aliphatic heterocycles. The van der Waals surface area contributed by atoms with Gasteiger partial charge in [0.15, 0.2) is 0 Å². The lowest BCUT2D eigenvalue weighted by Gasteiger charge is -2.24. The van der Waals surface area contributed by atoms with Gasteiger partial charge in [-0.05, 0) is 55.5 Å². The van der Waals surface area contributed by atoms with Crippen molar-refractivity contribution < 1.29 is 9.53 Å². The fourth-order valence-corrected chi connectivity index (χ4v) is 3.95. The number of rotatable bonds is 3. The number of benzene rings is 2. The average molecular weight is 362 g/mol. The Morgan fingerprint density at radius 3 is 2.77 bits per heavy atom. The van der Waals surface area contributed by atoms with Crippen molar-refractivity contribution in [3.05, 3.63) is 76.8 Å². The number of para-hydroxylation sites is 1. The zero-order valence-corrected chi connectivity index (χ0v) is 15.2. The first-order chi connectivity index (χ1) is 12.7. The number of nitrogens with zero attached hydrogens (tertiary/aromatic N) is 1. The Hall–Kier alpha value is -2.79. The average Bonchev–Trinajstić information content (AvgIpc) is 2.67. The Bertz CT molecular complexity index is 943. The number of aliphatic imine (C=N–C) groups is 1. The molecular weight excluding hydrogens is 344 g/mol. The van der Waals surface area contributed by atoms with Crippen molar-refractivity contribution in [2.75, 3.05) is 11.9 Å². The Morgan fingerprint density at radius 1 is 1.15 bits per heavy atom. The Morgan fingerprint density at radius 2 is 1.96 bits per heavy atom. The summed E-state index contributed by atoms with van der Waals surface area (Å²) in [6, 6.07) is 15.5. The summed E-state index contributed by atoms with van der Waals surface area (Å²) in [5, 5.41) is 3.48. The number of carbonyl (C=O) groups is 1. The highest BCUT2D eigenvalue weighted by atomic mass is 32.2. The van der Waals surface area contributed by atoms with Crippen molar-refractivity contribution >= 4 is 34.8 Å². The normalized spacial score (nSPS) is 16.7. The molecule has 2 aromatic carbocycles. The second-order valence-corrected chi connectivity index (χ2v) is 7.08. The molecule has 4 nitrogen and oxygen atoms in total. The number of thioether (sulfide) groups is 1. The molecule has 0 radical (unpaired) electrons. The number of ether oxygens (including phenoxy) is 1. The Balaban J connectivity index is 1.50. The van der Waals surface area contributed by atoms with E-state index in [9.17, 15) is 4.79 Å². The molecule has 0 atom stereocenters. The SMILES string of the molecule is CCOC(=O)c1ccc(N=C2C=CC3=C(C2)Sc2ccccc2N3)cc1. The van der Waals surface area contributed by atoms with E-state index in [4.69, 9.17) is 9.73 Å². The smallest absolute Gasteiger partial charge is 0.338 e. The van der Waals surface area contributed by atoms with Gasteiger partial charge in [-0.2, -0.15) is 0 Å². The van der Waals surface area contributed by atoms with Crippen LogP contribution < -0.4 is 5.32 Å². The van der Waals surface area contributed by atoms with Crippen molar-refractivity contribution in [3.63, 3.8) is 0 Å². The predicted molar refractivity (Wildman–Crippen MR) is 106 cm³/mol. The predicted octanol–water partition coefficient (Wildman–Crippen LogP) is 5.33. The minimum Gasteiger partial charge on any atom is -0.462 e. The fraction of sp³-hybridized carbons (Fsp3) is 0.143. The topological polar surface area (TPSA) is 50.7 Å². The highest BCUT2D eigenvalue weighted by Crippen LogP contribution is 2.42. The van der Waals surface area contributed by atoms with E-state index in [-0.39, 0.29) is 5.97 Å². The monoisotopic (exact) mass is 362 g/mol. The second kappa shape index (κ2) is 7.22. The molecule has 0 spiro atoms. The number of fused-ring (bicyclic) bond motifs is 1. The van der Waals surface area contributed by atoms with E-state index in [2.05, 4.69) is 29.6 Å². The van der Waals surface area contributed by atoms with Crippen LogP contribution in [0.2, 0.25) is 0 Å². The molecule has 0 amide bonds. The van der Waals surface area contributed by atoms with Crippen LogP contribution in [-0.4, -0.2) is 18.3 Å². The van der Waals surface area contributed by atoms with Crippen LogP contribution in [0.4, 0.5) is 11.4 Å². The summed E-state index contributed by atoms with van der Waals surface area (Å²) in [7, 11) is 0. The van der Waals surface area contributed by atoms with E-state index >= 15 is 0 Å². The molecule has 0 saturated carbocycles. The van der Waals surface area contributed by atoms with E-state index in [1.54, 1.807) is 30.8 Å². The van der Waals surface area contributed by atoms with Crippen molar-refractivity contribution in [2.24, 2.45) is 4.99 Å². The van der Waals surface area contributed by atoms with Crippen LogP contribution in [0, 0.1) is 0 Å². The van der Waals surface area contributed by atoms with Gasteiger partial charge in [0.2, 0.25) is 0 Å². The standard InChI is InChI=1S/C21H18N2O2S/c1-2-25-21(24)14-7-9-15(10-8-14)22-16-11-12-18-20(13-16)26-19-6-4-3-5-17(19)23-18/h3-12,23H,2,13H2,1H3. The molecular formula is C21H18N2O2S. The van der Waals surface area contributed by atoms with Gasteiger partial charge >= 0.3 is 5.97 Å². The lowest BCUT2D eigenvalue weighted by atomic mass is 10.1. The van der Waals surface area contributed by atoms with Gasteiger partial charge in [-0.3, -0.25) is 4.99 Å². The minimum atomic E-state index is -0.303. The van der Waals surface area contributed by atoms with Crippen LogP contribution >= 0.6 is 11.8 Å². The quantitative estimate of drug-likeness (QED) is 0.750. The lowest BCUT2D eigenvalue weighted by Crippen LogP contribution is -2.12. The van der Waals surface area contributed by atoms with Crippen LogP contribution in [0.1, 0.15) is 23.7 Å². The molecule has 4 rings (SSSR count). The number of allylic oxidation sites excluding steroid dienone is 3. The van der Waals surface area contributed by atoms with Crippen molar-refractivity contribution in [1.82, 2.24) is 0 Å². The number of hydrogen-bond acceptors (Lipinski definition) is 5. The van der Waals surface area contributed by atoms with E-state index < -0.39 is 0 Å². The van der Waals surface area contributed by atoms with Gasteiger partial charge < -0.3 is 10.1 Å². The fourth-order valence-electron chi connectivity index (χ4n) is 2.86. The number of carbonyl (C=O) groups excluding carboxylic acids is 1. The molecule has 0 fully saturated rings. The summed E-state index contributed by atoms with van der Waals surface area (Å²) in [4.78, 5) is 18.9. The summed E-state index contributed by atoms with van der Waals surface area (Å²) in [5.74, 6) is -0.303. The molecule has 26 heavy (non-hydrogen) atoms. The molecule has 5 heteroatoms. The van der Waals surface area contributed by atoms with Gasteiger partial charge in [0.25, 0.3) is 0 Å². The molecule has 0 saturated heterocycles. The molecule has 0 unspecified atom stereocenters. The first-order valence-electron chi connectivity index (χ1n) is 8.53. The van der Waals surface area contributed by atoms with Gasteiger partial charge in [0.05, 0.1) is 23.5 Å². The van der Waals surface area contributed by atoms with E-state index in [1.807, 2.05) is 24.3 Å². The van der Waals surface area contributed by atoms with E-state index in [0.29, 0.717) is 12.2 Å². The van der Waals surface area contributed by atoms with Crippen LogP contribution in [-0.2, 0) is 4.74 Å². The maximum absolute atomic E-state index is 11.7. The number of anilines is 1. The Labute approximate surface area is 156 Å². The molecule has 0 aromatic heterocycles. The van der Waals surface area contributed by atoms with Crippen LogP contribution in [0.3, 0.4) is 0 Å². The zero-order valence-electron chi connectivity index (χ0n) is 14.4. The van der Waals surface area contributed by atoms with Crippen LogP contribution in [0.15, 0.2) is 81.2 Å². The number of esters is 1. The molecule has 0 bridgehead atoms. The summed E-state index contributed by atoms with van der Waals surface area (Å²) in [6.07, 6.45) is 4.91. The highest BCUT2D eigenvalue weighted by molar-refractivity contribution is 8.03. The third-order valence-electron chi connectivity index (χ3n) is 4.13. The van der Waals surface area contributed by atoms with Gasteiger partial charge in [-0.1, -0.05) is 23.9 Å². The van der Waals surface area contributed by atoms with E-state index in [0.717, 1.165) is 29.2 Å². The largest absolute Gasteiger partial charge is 0.462 e. The summed E-state index contributed by atoms with van der Waals surface area (Å²) < 4.78 is 5.00. The van der Waals surface area contributed by atoms with E-state index in [1.165, 1.54) is 9.80 Å². The summed E-state index contributed by atoms with van der Waals surface area (Å²) in [5.41, 5.74) is 4.67. The Kier molecular flexibility index (Phi) is 4.63. The summed E-state index contributed by atoms with van der Waals surface area (Å²) >= 11 is 1.79. The lowest BCUT2D eigenvalue weighted by molar-refractivity contribution is 0.0526. The third-order valence-corrected chi connectivity index (χ3v) is 5.31. The number of hydrogen-bond donors (Lipinski definition) is 1. The third kappa shape index (κ3) is 3.44. The van der Waals surface area contributed by atoms with Crippen LogP contribution in [0.5, 0.6) is 0 Å². The number of nitrogens with one attached hydrogen (secondary N) is 1. The maximum atomic E-state index is 11.7. The zero-order chi connectivity index (χ0) is 17.9. The van der Waals surface area contributed by atoms with Gasteiger partial charge in [-0.15, -0.1) is 0 Å². The van der Waals surface area contributed by atoms with Crippen LogP contribution in [0.25, 0.3) is 0 Å². The van der Waals surface area contributed by atoms with Crippen molar-refractivity contribution in [1.29, 1.82) is 0 Å². The molecule has 2 aromatic rings. The highest BCUT2D eigenvalue weighted by Gasteiger charge is 2.20. The molecule has 2 aliphatic rings. The van der Waals surface area contributed by atoms with Gasteiger partial charge in [0.1, 0.15) is 0 Å². The van der Waals surface area contributed by atoms with Gasteiger partial charge in [0, 0.05) is 27.6 Å². The summed E-state index contributed by atoms with van der Waals surface area (Å²) in [6.45, 7) is 2.17. The molecule has 1 N–H and O–H groups in total.